The van der Waals surface area contributed by atoms with Crippen LogP contribution >= 0.6 is 15.9 Å². The zero-order valence-electron chi connectivity index (χ0n) is 9.68. The van der Waals surface area contributed by atoms with E-state index in [1.165, 1.54) is 7.11 Å². The molecule has 0 fully saturated rings. The van der Waals surface area contributed by atoms with Gasteiger partial charge < -0.3 is 10.1 Å². The quantitative estimate of drug-likeness (QED) is 0.948. The van der Waals surface area contributed by atoms with Gasteiger partial charge in [-0.15, -0.1) is 0 Å². The molecule has 18 heavy (non-hydrogen) atoms. The van der Waals surface area contributed by atoms with Crippen LogP contribution in [0.25, 0.3) is 0 Å². The van der Waals surface area contributed by atoms with Crippen molar-refractivity contribution in [2.24, 2.45) is 0 Å². The summed E-state index contributed by atoms with van der Waals surface area (Å²) in [5.41, 5.74) is 0.561. The third-order valence-corrected chi connectivity index (χ3v) is 2.86. The van der Waals surface area contributed by atoms with Crippen molar-refractivity contribution in [3.63, 3.8) is 0 Å². The minimum Gasteiger partial charge on any atom is -0.493 e. The first kappa shape index (κ1) is 12.6. The van der Waals surface area contributed by atoms with Gasteiger partial charge in [-0.1, -0.05) is 15.9 Å². The largest absolute Gasteiger partial charge is 0.493 e. The molecule has 0 aliphatic carbocycles. The topological polar surface area (TPSA) is 51.2 Å². The number of ether oxygens (including phenoxy) is 1. The summed E-state index contributed by atoms with van der Waals surface area (Å²) in [6.45, 7) is 0. The number of benzene rings is 1. The number of rotatable bonds is 3. The van der Waals surface area contributed by atoms with Crippen LogP contribution in [0.4, 0.5) is 5.82 Å². The zero-order chi connectivity index (χ0) is 13.0. The van der Waals surface area contributed by atoms with Crippen LogP contribution in [0.2, 0.25) is 0 Å². The Morgan fingerprint density at radius 2 is 2.00 bits per heavy atom. The third kappa shape index (κ3) is 2.87. The number of anilines is 1. The molecule has 0 aliphatic heterocycles. The summed E-state index contributed by atoms with van der Waals surface area (Å²) >= 11 is 3.32. The molecule has 0 spiro atoms. The summed E-state index contributed by atoms with van der Waals surface area (Å²) in [7, 11) is 1.53. The maximum absolute atomic E-state index is 12.0. The number of halogens is 1. The van der Waals surface area contributed by atoms with Crippen molar-refractivity contribution >= 4 is 27.7 Å². The SMILES string of the molecule is COc1cccnc1NC(=O)c1ccc(Br)cc1. The number of amides is 1. The van der Waals surface area contributed by atoms with Crippen LogP contribution in [-0.4, -0.2) is 18.0 Å². The molecule has 1 amide bonds. The van der Waals surface area contributed by atoms with Crippen molar-refractivity contribution in [3.8, 4) is 5.75 Å². The van der Waals surface area contributed by atoms with E-state index in [0.717, 1.165) is 4.47 Å². The Hall–Kier alpha value is -1.88. The van der Waals surface area contributed by atoms with E-state index in [2.05, 4.69) is 26.2 Å². The summed E-state index contributed by atoms with van der Waals surface area (Å²) < 4.78 is 6.04. The molecule has 2 rings (SSSR count). The highest BCUT2D eigenvalue weighted by Crippen LogP contribution is 2.21. The van der Waals surface area contributed by atoms with Crippen molar-refractivity contribution < 1.29 is 9.53 Å². The first-order valence-electron chi connectivity index (χ1n) is 5.26. The van der Waals surface area contributed by atoms with Crippen LogP contribution in [0, 0.1) is 0 Å². The standard InChI is InChI=1S/C13H11BrN2O2/c1-18-11-3-2-8-15-12(11)16-13(17)9-4-6-10(14)7-5-9/h2-8H,1H3,(H,15,16,17). The molecule has 0 atom stereocenters. The van der Waals surface area contributed by atoms with Gasteiger partial charge in [0.05, 0.1) is 7.11 Å². The fraction of sp³-hybridized carbons (Fsp3) is 0.0769. The zero-order valence-corrected chi connectivity index (χ0v) is 11.3. The first-order chi connectivity index (χ1) is 8.70. The predicted octanol–water partition coefficient (Wildman–Crippen LogP) is 3.11. The maximum Gasteiger partial charge on any atom is 0.256 e. The third-order valence-electron chi connectivity index (χ3n) is 2.33. The molecule has 92 valence electrons. The number of carbonyl (C=O) groups is 1. The van der Waals surface area contributed by atoms with Gasteiger partial charge >= 0.3 is 0 Å². The van der Waals surface area contributed by atoms with E-state index in [9.17, 15) is 4.79 Å². The molecule has 0 bridgehead atoms. The number of methoxy groups -OCH3 is 1. The van der Waals surface area contributed by atoms with Gasteiger partial charge in [0.2, 0.25) is 0 Å². The van der Waals surface area contributed by atoms with Crippen molar-refractivity contribution in [1.29, 1.82) is 0 Å². The van der Waals surface area contributed by atoms with Gasteiger partial charge in [-0.05, 0) is 36.4 Å². The molecule has 2 aromatic rings. The molecule has 5 heteroatoms. The Labute approximate surface area is 113 Å². The Balaban J connectivity index is 2.18. The molecule has 1 heterocycles. The Kier molecular flexibility index (Phi) is 3.94. The molecule has 4 nitrogen and oxygen atoms in total. The Morgan fingerprint density at radius 3 is 2.67 bits per heavy atom. The number of carbonyl (C=O) groups excluding carboxylic acids is 1. The molecule has 0 aliphatic rings. The maximum atomic E-state index is 12.0. The second-order valence-corrected chi connectivity index (χ2v) is 4.43. The second kappa shape index (κ2) is 5.64. The molecular weight excluding hydrogens is 296 g/mol. The fourth-order valence-electron chi connectivity index (χ4n) is 1.43. The lowest BCUT2D eigenvalue weighted by atomic mass is 10.2. The van der Waals surface area contributed by atoms with Crippen LogP contribution in [0.3, 0.4) is 0 Å². The van der Waals surface area contributed by atoms with E-state index in [1.807, 2.05) is 12.1 Å². The van der Waals surface area contributed by atoms with E-state index in [0.29, 0.717) is 17.1 Å². The van der Waals surface area contributed by atoms with Crippen molar-refractivity contribution in [2.75, 3.05) is 12.4 Å². The monoisotopic (exact) mass is 306 g/mol. The lowest BCUT2D eigenvalue weighted by Crippen LogP contribution is -2.13. The van der Waals surface area contributed by atoms with Crippen LogP contribution in [0.5, 0.6) is 5.75 Å². The molecule has 0 radical (unpaired) electrons. The van der Waals surface area contributed by atoms with Crippen molar-refractivity contribution in [3.05, 3.63) is 52.6 Å². The van der Waals surface area contributed by atoms with E-state index in [-0.39, 0.29) is 5.91 Å². The Morgan fingerprint density at radius 1 is 1.28 bits per heavy atom. The normalized spacial score (nSPS) is 9.89. The van der Waals surface area contributed by atoms with Crippen LogP contribution in [0.1, 0.15) is 10.4 Å². The fourth-order valence-corrected chi connectivity index (χ4v) is 1.69. The van der Waals surface area contributed by atoms with Gasteiger partial charge in [-0.25, -0.2) is 4.98 Å². The van der Waals surface area contributed by atoms with E-state index >= 15 is 0 Å². The highest BCUT2D eigenvalue weighted by molar-refractivity contribution is 9.10. The number of aromatic nitrogens is 1. The van der Waals surface area contributed by atoms with Gasteiger partial charge in [0.15, 0.2) is 11.6 Å². The average Bonchev–Trinajstić information content (AvgIpc) is 2.40. The lowest BCUT2D eigenvalue weighted by Gasteiger charge is -2.08. The summed E-state index contributed by atoms with van der Waals surface area (Å²) in [4.78, 5) is 16.0. The molecular formula is C13H11BrN2O2. The van der Waals surface area contributed by atoms with Gasteiger partial charge in [-0.3, -0.25) is 4.79 Å². The Bertz CT molecular complexity index is 555. The van der Waals surface area contributed by atoms with Gasteiger partial charge in [0.25, 0.3) is 5.91 Å². The highest BCUT2D eigenvalue weighted by atomic mass is 79.9. The van der Waals surface area contributed by atoms with Crippen LogP contribution in [0.15, 0.2) is 47.1 Å². The van der Waals surface area contributed by atoms with Gasteiger partial charge in [0.1, 0.15) is 0 Å². The summed E-state index contributed by atoms with van der Waals surface area (Å²) in [5, 5.41) is 2.71. The smallest absolute Gasteiger partial charge is 0.256 e. The first-order valence-corrected chi connectivity index (χ1v) is 6.06. The highest BCUT2D eigenvalue weighted by Gasteiger charge is 2.09. The number of hydrogen-bond acceptors (Lipinski definition) is 3. The number of nitrogens with zero attached hydrogens (tertiary/aromatic N) is 1. The lowest BCUT2D eigenvalue weighted by molar-refractivity contribution is 0.102. The van der Waals surface area contributed by atoms with Gasteiger partial charge in [-0.2, -0.15) is 0 Å². The molecule has 1 N–H and O–H groups in total. The number of nitrogens with one attached hydrogen (secondary N) is 1. The second-order valence-electron chi connectivity index (χ2n) is 3.52. The molecule has 0 saturated heterocycles. The molecule has 0 saturated carbocycles. The minimum atomic E-state index is -0.223. The van der Waals surface area contributed by atoms with E-state index in [1.54, 1.807) is 30.5 Å². The van der Waals surface area contributed by atoms with Crippen molar-refractivity contribution in [2.45, 2.75) is 0 Å². The number of hydrogen-bond donors (Lipinski definition) is 1. The predicted molar refractivity (Wildman–Crippen MR) is 72.9 cm³/mol. The van der Waals surface area contributed by atoms with Gasteiger partial charge in [0, 0.05) is 16.2 Å². The minimum absolute atomic E-state index is 0.223. The summed E-state index contributed by atoms with van der Waals surface area (Å²) in [6.07, 6.45) is 1.60. The number of pyridine rings is 1. The summed E-state index contributed by atoms with van der Waals surface area (Å²) in [5.74, 6) is 0.718. The molecule has 0 unspecified atom stereocenters. The van der Waals surface area contributed by atoms with E-state index in [4.69, 9.17) is 4.74 Å². The summed E-state index contributed by atoms with van der Waals surface area (Å²) in [6, 6.07) is 10.6. The van der Waals surface area contributed by atoms with Crippen LogP contribution < -0.4 is 10.1 Å². The van der Waals surface area contributed by atoms with Crippen LogP contribution in [-0.2, 0) is 0 Å². The average molecular weight is 307 g/mol. The van der Waals surface area contributed by atoms with Crippen molar-refractivity contribution in [1.82, 2.24) is 4.98 Å². The molecule has 1 aromatic carbocycles. The van der Waals surface area contributed by atoms with E-state index < -0.39 is 0 Å². The molecule has 1 aromatic heterocycles.